The van der Waals surface area contributed by atoms with Crippen molar-refractivity contribution < 1.29 is 18.5 Å². The molecule has 5 heteroatoms. The number of nitrogens with one attached hydrogen (secondary N) is 2. The zero-order chi connectivity index (χ0) is 13.0. The molecule has 18 heavy (non-hydrogen) atoms. The van der Waals surface area contributed by atoms with Gasteiger partial charge in [-0.1, -0.05) is 6.07 Å². The molecule has 0 spiro atoms. The summed E-state index contributed by atoms with van der Waals surface area (Å²) in [7, 11) is 0. The summed E-state index contributed by atoms with van der Waals surface area (Å²) in [4.78, 5) is 12.9. The summed E-state index contributed by atoms with van der Waals surface area (Å²) in [6.45, 7) is 2.17. The van der Waals surface area contributed by atoms with E-state index >= 15 is 0 Å². The van der Waals surface area contributed by atoms with Gasteiger partial charge in [0.2, 0.25) is 0 Å². The van der Waals surface area contributed by atoms with Gasteiger partial charge >= 0.3 is 0 Å². The second-order valence-electron chi connectivity index (χ2n) is 4.63. The minimum Gasteiger partial charge on any atom is -0.327 e. The Morgan fingerprint density at radius 2 is 1.78 bits per heavy atom. The number of hydrogen-bond donors (Lipinski definition) is 2. The molecule has 1 amide bonds. The van der Waals surface area contributed by atoms with E-state index in [0.717, 1.165) is 38.1 Å². The second-order valence-corrected chi connectivity index (χ2v) is 4.63. The van der Waals surface area contributed by atoms with E-state index in [-0.39, 0.29) is 18.1 Å². The van der Waals surface area contributed by atoms with Crippen LogP contribution in [0.1, 0.15) is 19.3 Å². The van der Waals surface area contributed by atoms with Crippen LogP contribution in [0.4, 0.5) is 14.5 Å². The number of quaternary nitrogens is 1. The fourth-order valence-corrected chi connectivity index (χ4v) is 2.26. The maximum atomic E-state index is 13.3. The minimum absolute atomic E-state index is 0.272. The summed E-state index contributed by atoms with van der Waals surface area (Å²) >= 11 is 0. The van der Waals surface area contributed by atoms with E-state index in [1.807, 2.05) is 0 Å². The maximum absolute atomic E-state index is 13.3. The van der Waals surface area contributed by atoms with Crippen LogP contribution >= 0.6 is 0 Å². The smallest absolute Gasteiger partial charge is 0.279 e. The molecule has 0 bridgehead atoms. The topological polar surface area (TPSA) is 33.5 Å². The zero-order valence-electron chi connectivity index (χ0n) is 10.1. The summed E-state index contributed by atoms with van der Waals surface area (Å²) in [6.07, 6.45) is 3.42. The summed E-state index contributed by atoms with van der Waals surface area (Å²) in [5.74, 6) is -1.81. The van der Waals surface area contributed by atoms with Gasteiger partial charge in [0.05, 0.1) is 13.1 Å². The number of carbonyl (C=O) groups is 1. The predicted molar refractivity (Wildman–Crippen MR) is 64.4 cm³/mol. The van der Waals surface area contributed by atoms with Crippen molar-refractivity contribution in [2.45, 2.75) is 19.3 Å². The molecule has 1 heterocycles. The highest BCUT2D eigenvalue weighted by atomic mass is 19.1. The molecule has 0 unspecified atom stereocenters. The fraction of sp³-hybridized carbons (Fsp3) is 0.462. The highest BCUT2D eigenvalue weighted by molar-refractivity contribution is 5.91. The Morgan fingerprint density at radius 1 is 1.17 bits per heavy atom. The van der Waals surface area contributed by atoms with Gasteiger partial charge in [-0.05, 0) is 31.4 Å². The molecule has 2 N–H and O–H groups in total. The molecule has 3 nitrogen and oxygen atoms in total. The summed E-state index contributed by atoms with van der Waals surface area (Å²) in [6, 6.07) is 3.54. The second kappa shape index (κ2) is 5.91. The Labute approximate surface area is 105 Å². The molecule has 1 fully saturated rings. The van der Waals surface area contributed by atoms with Crippen LogP contribution in [0.15, 0.2) is 18.2 Å². The number of likely N-dealkylation sites (tertiary alicyclic amines) is 1. The van der Waals surface area contributed by atoms with Crippen molar-refractivity contribution in [3.63, 3.8) is 0 Å². The van der Waals surface area contributed by atoms with E-state index in [4.69, 9.17) is 0 Å². The molecule has 0 saturated carbocycles. The van der Waals surface area contributed by atoms with Crippen molar-refractivity contribution in [1.29, 1.82) is 0 Å². The summed E-state index contributed by atoms with van der Waals surface area (Å²) in [5, 5.41) is 2.32. The van der Waals surface area contributed by atoms with Crippen molar-refractivity contribution >= 4 is 11.6 Å². The SMILES string of the molecule is O=C(C[NH+]1CCCCC1)Nc1c(F)cccc1F. The maximum Gasteiger partial charge on any atom is 0.279 e. The molecule has 1 aliphatic heterocycles. The van der Waals surface area contributed by atoms with Gasteiger partial charge in [-0.2, -0.15) is 0 Å². The zero-order valence-corrected chi connectivity index (χ0v) is 10.1. The van der Waals surface area contributed by atoms with Crippen LogP contribution < -0.4 is 10.2 Å². The highest BCUT2D eigenvalue weighted by Gasteiger charge is 2.19. The molecule has 0 aromatic heterocycles. The van der Waals surface area contributed by atoms with E-state index in [1.165, 1.54) is 17.4 Å². The van der Waals surface area contributed by atoms with Crippen molar-refractivity contribution in [3.05, 3.63) is 29.8 Å². The quantitative estimate of drug-likeness (QED) is 0.829. The normalized spacial score (nSPS) is 16.6. The average molecular weight is 255 g/mol. The number of benzene rings is 1. The van der Waals surface area contributed by atoms with Crippen LogP contribution in [0.25, 0.3) is 0 Å². The third-order valence-corrected chi connectivity index (χ3v) is 3.20. The van der Waals surface area contributed by atoms with Gasteiger partial charge in [0, 0.05) is 0 Å². The first-order valence-electron chi connectivity index (χ1n) is 6.24. The highest BCUT2D eigenvalue weighted by Crippen LogP contribution is 2.17. The van der Waals surface area contributed by atoms with Crippen molar-refractivity contribution in [3.8, 4) is 0 Å². The number of halogens is 2. The van der Waals surface area contributed by atoms with Crippen LogP contribution in [0, 0.1) is 11.6 Å². The molecular weight excluding hydrogens is 238 g/mol. The average Bonchev–Trinajstić information content (AvgIpc) is 2.35. The van der Waals surface area contributed by atoms with Crippen LogP contribution in [0.5, 0.6) is 0 Å². The van der Waals surface area contributed by atoms with Crippen LogP contribution in [0.3, 0.4) is 0 Å². The first-order valence-corrected chi connectivity index (χ1v) is 6.24. The van der Waals surface area contributed by atoms with E-state index in [0.29, 0.717) is 0 Å². The molecule has 2 rings (SSSR count). The van der Waals surface area contributed by atoms with Gasteiger partial charge in [0.25, 0.3) is 5.91 Å². The van der Waals surface area contributed by atoms with Crippen molar-refractivity contribution in [1.82, 2.24) is 0 Å². The number of piperidine rings is 1. The molecule has 1 aromatic carbocycles. The lowest BCUT2D eigenvalue weighted by Crippen LogP contribution is -3.13. The minimum atomic E-state index is -0.739. The van der Waals surface area contributed by atoms with E-state index in [9.17, 15) is 13.6 Å². The predicted octanol–water partition coefficient (Wildman–Crippen LogP) is 0.972. The first-order chi connectivity index (χ1) is 8.66. The number of carbonyl (C=O) groups excluding carboxylic acids is 1. The summed E-state index contributed by atoms with van der Waals surface area (Å²) < 4.78 is 26.7. The molecule has 1 aliphatic rings. The third-order valence-electron chi connectivity index (χ3n) is 3.20. The number of amides is 1. The third kappa shape index (κ3) is 3.26. The number of hydrogen-bond acceptors (Lipinski definition) is 1. The summed E-state index contributed by atoms with van der Waals surface area (Å²) in [5.41, 5.74) is -0.348. The van der Waals surface area contributed by atoms with E-state index in [2.05, 4.69) is 5.32 Å². The lowest BCUT2D eigenvalue weighted by Gasteiger charge is -2.22. The molecule has 98 valence electrons. The van der Waals surface area contributed by atoms with Crippen molar-refractivity contribution in [2.24, 2.45) is 0 Å². The van der Waals surface area contributed by atoms with Crippen LogP contribution in [-0.4, -0.2) is 25.5 Å². The molecule has 0 aliphatic carbocycles. The molecule has 1 aromatic rings. The lowest BCUT2D eigenvalue weighted by molar-refractivity contribution is -0.896. The Balaban J connectivity index is 1.94. The van der Waals surface area contributed by atoms with Gasteiger partial charge in [0.15, 0.2) is 6.54 Å². The lowest BCUT2D eigenvalue weighted by atomic mass is 10.1. The van der Waals surface area contributed by atoms with Gasteiger partial charge in [-0.15, -0.1) is 0 Å². The molecule has 0 atom stereocenters. The van der Waals surface area contributed by atoms with Gasteiger partial charge in [-0.25, -0.2) is 8.78 Å². The molecule has 1 saturated heterocycles. The standard InChI is InChI=1S/C13H16F2N2O/c14-10-5-4-6-11(15)13(10)16-12(18)9-17-7-2-1-3-8-17/h4-6H,1-3,7-9H2,(H,16,18)/p+1. The number of para-hydroxylation sites is 1. The fourth-order valence-electron chi connectivity index (χ4n) is 2.26. The van der Waals surface area contributed by atoms with E-state index in [1.54, 1.807) is 0 Å². The van der Waals surface area contributed by atoms with Crippen LogP contribution in [-0.2, 0) is 4.79 Å². The van der Waals surface area contributed by atoms with Gasteiger partial charge in [-0.3, -0.25) is 4.79 Å². The monoisotopic (exact) mass is 255 g/mol. The molecular formula is C13H17F2N2O+. The van der Waals surface area contributed by atoms with E-state index < -0.39 is 11.6 Å². The van der Waals surface area contributed by atoms with Gasteiger partial charge in [0.1, 0.15) is 17.3 Å². The largest absolute Gasteiger partial charge is 0.327 e. The Hall–Kier alpha value is -1.49. The van der Waals surface area contributed by atoms with Crippen LogP contribution in [0.2, 0.25) is 0 Å². The Kier molecular flexibility index (Phi) is 4.25. The number of rotatable bonds is 3. The Bertz CT molecular complexity index is 411. The van der Waals surface area contributed by atoms with Crippen molar-refractivity contribution in [2.75, 3.05) is 25.0 Å². The van der Waals surface area contributed by atoms with Gasteiger partial charge < -0.3 is 10.2 Å². The first kappa shape index (κ1) is 13.0. The number of anilines is 1. The Morgan fingerprint density at radius 3 is 2.39 bits per heavy atom. The molecule has 0 radical (unpaired) electrons.